The monoisotopic (exact) mass is 555 g/mol. The average Bonchev–Trinajstić information content (AvgIpc) is 2.82. The topological polar surface area (TPSA) is 69.7 Å². The van der Waals surface area contributed by atoms with Crippen molar-refractivity contribution in [2.75, 3.05) is 36.4 Å². The van der Waals surface area contributed by atoms with Crippen molar-refractivity contribution in [3.05, 3.63) is 86.6 Å². The maximum Gasteiger partial charge on any atom is 0.257 e. The number of amides is 1. The van der Waals surface area contributed by atoms with E-state index < -0.39 is 21.7 Å². The lowest BCUT2D eigenvalue weighted by Crippen LogP contribution is -2.48. The Morgan fingerprint density at radius 1 is 0.914 bits per heavy atom. The molecule has 0 aliphatic carbocycles. The van der Waals surface area contributed by atoms with Gasteiger partial charge in [-0.25, -0.2) is 12.8 Å². The van der Waals surface area contributed by atoms with E-state index >= 15 is 0 Å². The van der Waals surface area contributed by atoms with Crippen LogP contribution in [0, 0.1) is 12.7 Å². The first-order valence-electron chi connectivity index (χ1n) is 10.6. The quantitative estimate of drug-likeness (QED) is 0.428. The summed E-state index contributed by atoms with van der Waals surface area (Å²) in [7, 11) is -3.93. The van der Waals surface area contributed by atoms with Crippen molar-refractivity contribution in [2.24, 2.45) is 0 Å². The number of nitrogens with one attached hydrogen (secondary N) is 1. The van der Waals surface area contributed by atoms with Gasteiger partial charge in [-0.05, 0) is 61.0 Å². The van der Waals surface area contributed by atoms with Gasteiger partial charge in [0.05, 0.1) is 21.2 Å². The van der Waals surface area contributed by atoms with Crippen LogP contribution >= 0.6 is 34.8 Å². The highest BCUT2D eigenvalue weighted by atomic mass is 35.5. The molecule has 6 nitrogen and oxygen atoms in total. The van der Waals surface area contributed by atoms with Crippen LogP contribution in [0.25, 0.3) is 0 Å². The van der Waals surface area contributed by atoms with Crippen LogP contribution in [0.2, 0.25) is 15.1 Å². The average molecular weight is 557 g/mol. The predicted octanol–water partition coefficient (Wildman–Crippen LogP) is 5.86. The zero-order valence-corrected chi connectivity index (χ0v) is 21.6. The van der Waals surface area contributed by atoms with Crippen LogP contribution in [0.3, 0.4) is 0 Å². The van der Waals surface area contributed by atoms with Gasteiger partial charge in [0, 0.05) is 41.9 Å². The molecule has 1 amide bonds. The van der Waals surface area contributed by atoms with E-state index in [2.05, 4.69) is 10.2 Å². The molecule has 0 aromatic heterocycles. The highest BCUT2D eigenvalue weighted by molar-refractivity contribution is 7.89. The second-order valence-corrected chi connectivity index (χ2v) is 11.3. The number of benzene rings is 3. The van der Waals surface area contributed by atoms with Crippen LogP contribution in [0.5, 0.6) is 0 Å². The number of piperazine rings is 1. The van der Waals surface area contributed by atoms with Crippen molar-refractivity contribution in [1.82, 2.24) is 4.31 Å². The maximum atomic E-state index is 14.8. The lowest BCUT2D eigenvalue weighted by atomic mass is 10.1. The van der Waals surface area contributed by atoms with Gasteiger partial charge in [-0.1, -0.05) is 40.9 Å². The molecule has 1 aliphatic rings. The maximum absolute atomic E-state index is 14.8. The predicted molar refractivity (Wildman–Crippen MR) is 138 cm³/mol. The minimum atomic E-state index is -3.93. The fourth-order valence-electron chi connectivity index (χ4n) is 3.86. The van der Waals surface area contributed by atoms with Crippen LogP contribution in [-0.4, -0.2) is 44.8 Å². The van der Waals surface area contributed by atoms with E-state index in [1.165, 1.54) is 34.6 Å². The normalized spacial score (nSPS) is 14.7. The van der Waals surface area contributed by atoms with E-state index in [9.17, 15) is 17.6 Å². The molecule has 4 rings (SSSR count). The number of sulfonamides is 1. The zero-order chi connectivity index (χ0) is 25.3. The van der Waals surface area contributed by atoms with E-state index in [1.807, 2.05) is 25.1 Å². The molecule has 35 heavy (non-hydrogen) atoms. The van der Waals surface area contributed by atoms with Gasteiger partial charge in [0.25, 0.3) is 5.91 Å². The van der Waals surface area contributed by atoms with E-state index in [0.29, 0.717) is 23.1 Å². The molecule has 0 spiro atoms. The molecule has 3 aromatic carbocycles. The molecule has 0 atom stereocenters. The molecule has 1 saturated heterocycles. The second-order valence-electron chi connectivity index (χ2n) is 8.04. The standard InChI is InChI=1S/C24H21Cl3FN3O3S/c1-15-2-3-17(26)13-23(15)30-8-10-31(11-9-30)35(33,34)18-5-7-22(21(28)14-18)29-24(32)19-6-4-16(25)12-20(19)27/h2-7,12-14H,8-11H2,1H3,(H,29,32). The molecule has 3 aromatic rings. The Kier molecular flexibility index (Phi) is 7.59. The van der Waals surface area contributed by atoms with Gasteiger partial charge < -0.3 is 10.2 Å². The third-order valence-corrected chi connectivity index (χ3v) is 8.43. The summed E-state index contributed by atoms with van der Waals surface area (Å²) in [6, 6.07) is 13.3. The second kappa shape index (κ2) is 10.3. The lowest BCUT2D eigenvalue weighted by Gasteiger charge is -2.36. The van der Waals surface area contributed by atoms with Crippen LogP contribution in [-0.2, 0) is 10.0 Å². The Labute approximate surface area is 218 Å². The molecule has 1 fully saturated rings. The third-order valence-electron chi connectivity index (χ3n) is 5.75. The van der Waals surface area contributed by atoms with E-state index in [4.69, 9.17) is 34.8 Å². The lowest BCUT2D eigenvalue weighted by molar-refractivity contribution is 0.102. The van der Waals surface area contributed by atoms with Crippen molar-refractivity contribution < 1.29 is 17.6 Å². The first-order chi connectivity index (χ1) is 16.6. The van der Waals surface area contributed by atoms with Crippen molar-refractivity contribution in [3.63, 3.8) is 0 Å². The molecule has 0 saturated carbocycles. The molecule has 1 N–H and O–H groups in total. The third kappa shape index (κ3) is 5.57. The molecule has 0 unspecified atom stereocenters. The van der Waals surface area contributed by atoms with Crippen molar-refractivity contribution in [1.29, 1.82) is 0 Å². The zero-order valence-electron chi connectivity index (χ0n) is 18.6. The summed E-state index contributed by atoms with van der Waals surface area (Å²) in [5, 5.41) is 3.49. The largest absolute Gasteiger partial charge is 0.369 e. The molecule has 0 radical (unpaired) electrons. The smallest absolute Gasteiger partial charge is 0.257 e. The SMILES string of the molecule is Cc1ccc(Cl)cc1N1CCN(S(=O)(=O)c2ccc(NC(=O)c3ccc(Cl)cc3Cl)c(F)c2)CC1. The minimum Gasteiger partial charge on any atom is -0.369 e. The van der Waals surface area contributed by atoms with Crippen LogP contribution in [0.15, 0.2) is 59.5 Å². The van der Waals surface area contributed by atoms with Crippen LogP contribution < -0.4 is 10.2 Å². The Morgan fingerprint density at radius 3 is 2.23 bits per heavy atom. The summed E-state index contributed by atoms with van der Waals surface area (Å²) in [5.41, 5.74) is 1.95. The molecule has 1 aliphatic heterocycles. The van der Waals surface area contributed by atoms with Gasteiger partial charge in [0.1, 0.15) is 5.82 Å². The Balaban J connectivity index is 1.47. The summed E-state index contributed by atoms with van der Waals surface area (Å²) < 4.78 is 42.4. The van der Waals surface area contributed by atoms with Crippen molar-refractivity contribution in [3.8, 4) is 0 Å². The number of carbonyl (C=O) groups is 1. The van der Waals surface area contributed by atoms with E-state index in [0.717, 1.165) is 17.3 Å². The number of rotatable bonds is 5. The van der Waals surface area contributed by atoms with Crippen LogP contribution in [0.1, 0.15) is 15.9 Å². The molecule has 1 heterocycles. The summed E-state index contributed by atoms with van der Waals surface area (Å²) >= 11 is 18.0. The number of anilines is 2. The van der Waals surface area contributed by atoms with Gasteiger partial charge >= 0.3 is 0 Å². The number of aryl methyl sites for hydroxylation is 1. The highest BCUT2D eigenvalue weighted by Gasteiger charge is 2.30. The van der Waals surface area contributed by atoms with Crippen molar-refractivity contribution in [2.45, 2.75) is 11.8 Å². The van der Waals surface area contributed by atoms with E-state index in [-0.39, 0.29) is 34.3 Å². The molecular weight excluding hydrogens is 536 g/mol. The molecule has 184 valence electrons. The van der Waals surface area contributed by atoms with Crippen molar-refractivity contribution >= 4 is 62.1 Å². The van der Waals surface area contributed by atoms with Gasteiger partial charge in [0.2, 0.25) is 10.0 Å². The highest BCUT2D eigenvalue weighted by Crippen LogP contribution is 2.28. The Bertz CT molecular complexity index is 1390. The number of hydrogen-bond acceptors (Lipinski definition) is 4. The minimum absolute atomic E-state index is 0.111. The Hall–Kier alpha value is -2.36. The fourth-order valence-corrected chi connectivity index (χ4v) is 5.96. The van der Waals surface area contributed by atoms with Gasteiger partial charge in [-0.15, -0.1) is 0 Å². The van der Waals surface area contributed by atoms with Gasteiger partial charge in [0.15, 0.2) is 0 Å². The fraction of sp³-hybridized carbons (Fsp3) is 0.208. The first kappa shape index (κ1) is 25.7. The van der Waals surface area contributed by atoms with Crippen LogP contribution in [0.4, 0.5) is 15.8 Å². The molecule has 0 bridgehead atoms. The number of carbonyl (C=O) groups excluding carboxylic acids is 1. The summed E-state index contributed by atoms with van der Waals surface area (Å²) in [4.78, 5) is 14.4. The molecular formula is C24H21Cl3FN3O3S. The van der Waals surface area contributed by atoms with Gasteiger partial charge in [-0.3, -0.25) is 4.79 Å². The summed E-state index contributed by atoms with van der Waals surface area (Å²) in [6.45, 7) is 3.39. The summed E-state index contributed by atoms with van der Waals surface area (Å²) in [5.74, 6) is -1.52. The first-order valence-corrected chi connectivity index (χ1v) is 13.2. The number of nitrogens with zero attached hydrogens (tertiary/aromatic N) is 2. The summed E-state index contributed by atoms with van der Waals surface area (Å²) in [6.07, 6.45) is 0. The van der Waals surface area contributed by atoms with E-state index in [1.54, 1.807) is 0 Å². The number of halogens is 4. The molecule has 11 heteroatoms. The Morgan fingerprint density at radius 2 is 1.57 bits per heavy atom. The number of hydrogen-bond donors (Lipinski definition) is 1. The van der Waals surface area contributed by atoms with Gasteiger partial charge in [-0.2, -0.15) is 4.31 Å².